The van der Waals surface area contributed by atoms with E-state index in [1.807, 2.05) is 38.1 Å². The molecule has 1 heterocycles. The Morgan fingerprint density at radius 2 is 1.88 bits per heavy atom. The van der Waals surface area contributed by atoms with Crippen molar-refractivity contribution in [3.05, 3.63) is 63.1 Å². The minimum Gasteiger partial charge on any atom is -0.253 e. The highest BCUT2D eigenvalue weighted by Crippen LogP contribution is 1.89. The fourth-order valence-electron chi connectivity index (χ4n) is 1.78. The topological polar surface area (TPSA) is 12.9 Å². The van der Waals surface area contributed by atoms with Crippen LogP contribution in [-0.4, -0.2) is 4.98 Å². The molecule has 1 nitrogen and oxygen atoms in total. The first kappa shape index (κ1) is 10.6. The third kappa shape index (κ3) is 1.89. The summed E-state index contributed by atoms with van der Waals surface area (Å²) in [6, 6.07) is 12.3. The maximum Gasteiger partial charge on any atom is 0.0777 e. The number of nitrogens with zero attached hydrogens (tertiary/aromatic N) is 1. The molecule has 0 aliphatic heterocycles. The highest BCUT2D eigenvalue weighted by molar-refractivity contribution is 5.25. The van der Waals surface area contributed by atoms with Gasteiger partial charge in [0.15, 0.2) is 0 Å². The van der Waals surface area contributed by atoms with Crippen molar-refractivity contribution in [3.8, 4) is 0 Å². The maximum atomic E-state index is 4.57. The fourth-order valence-corrected chi connectivity index (χ4v) is 1.78. The molecule has 0 unspecified atom stereocenters. The van der Waals surface area contributed by atoms with Crippen molar-refractivity contribution >= 4 is 12.7 Å². The Labute approximate surface area is 95.1 Å². The normalized spacial score (nSPS) is 14.0. The monoisotopic (exact) mass is 209 g/mol. The summed E-state index contributed by atoms with van der Waals surface area (Å²) in [7, 11) is 0. The van der Waals surface area contributed by atoms with Crippen LogP contribution in [0.2, 0.25) is 0 Å². The fraction of sp³-hybridized carbons (Fsp3) is 0.133. The average Bonchev–Trinajstić information content (AvgIpc) is 2.32. The highest BCUT2D eigenvalue weighted by atomic mass is 14.7. The molecule has 0 atom stereocenters. The van der Waals surface area contributed by atoms with Crippen molar-refractivity contribution in [3.63, 3.8) is 0 Å². The second-order valence-corrected chi connectivity index (χ2v) is 3.84. The zero-order chi connectivity index (χ0) is 11.5. The summed E-state index contributed by atoms with van der Waals surface area (Å²) in [6.07, 6.45) is 2.10. The Kier molecular flexibility index (Phi) is 2.86. The van der Waals surface area contributed by atoms with Gasteiger partial charge in [0.1, 0.15) is 0 Å². The van der Waals surface area contributed by atoms with Gasteiger partial charge in [0.2, 0.25) is 0 Å². The van der Waals surface area contributed by atoms with Crippen LogP contribution in [0, 0.1) is 17.5 Å². The molecular formula is C15H15N. The quantitative estimate of drug-likeness (QED) is 0.645. The van der Waals surface area contributed by atoms with Crippen molar-refractivity contribution in [2.75, 3.05) is 0 Å². The van der Waals surface area contributed by atoms with Gasteiger partial charge in [-0.15, -0.1) is 0 Å². The number of hydrogen-bond acceptors (Lipinski definition) is 1. The zero-order valence-corrected chi connectivity index (χ0v) is 9.70. The van der Waals surface area contributed by atoms with E-state index in [1.54, 1.807) is 0 Å². The van der Waals surface area contributed by atoms with Gasteiger partial charge in [0.05, 0.1) is 5.35 Å². The first-order valence-electron chi connectivity index (χ1n) is 5.40. The lowest BCUT2D eigenvalue weighted by atomic mass is 10.2. The molecule has 80 valence electrons. The largest absolute Gasteiger partial charge is 0.253 e. The third-order valence-corrected chi connectivity index (χ3v) is 2.64. The molecule has 0 fully saturated rings. The summed E-state index contributed by atoms with van der Waals surface area (Å²) in [5.41, 5.74) is 1.02. The first-order valence-corrected chi connectivity index (χ1v) is 5.40. The summed E-state index contributed by atoms with van der Waals surface area (Å²) >= 11 is 0. The van der Waals surface area contributed by atoms with E-state index in [2.05, 4.69) is 29.8 Å². The van der Waals surface area contributed by atoms with Crippen LogP contribution in [0.5, 0.6) is 0 Å². The van der Waals surface area contributed by atoms with E-state index in [-0.39, 0.29) is 0 Å². The number of pyridine rings is 1. The lowest BCUT2D eigenvalue weighted by Gasteiger charge is -1.94. The molecule has 0 saturated carbocycles. The van der Waals surface area contributed by atoms with Crippen LogP contribution >= 0.6 is 0 Å². The second-order valence-electron chi connectivity index (χ2n) is 3.84. The van der Waals surface area contributed by atoms with Crippen LogP contribution in [0.4, 0.5) is 0 Å². The molecule has 0 N–H and O–H groups in total. The van der Waals surface area contributed by atoms with Crippen molar-refractivity contribution in [1.82, 2.24) is 4.98 Å². The molecule has 2 rings (SSSR count). The minimum absolute atomic E-state index is 0.972. The van der Waals surface area contributed by atoms with E-state index in [0.29, 0.717) is 0 Å². The Hall–Kier alpha value is -1.89. The van der Waals surface area contributed by atoms with E-state index in [4.69, 9.17) is 0 Å². The molecule has 0 aliphatic rings. The van der Waals surface area contributed by atoms with Crippen LogP contribution in [-0.2, 0) is 0 Å². The Morgan fingerprint density at radius 1 is 1.12 bits per heavy atom. The molecule has 1 aromatic carbocycles. The predicted molar refractivity (Wildman–Crippen MR) is 68.0 cm³/mol. The van der Waals surface area contributed by atoms with Crippen molar-refractivity contribution < 1.29 is 0 Å². The van der Waals surface area contributed by atoms with Gasteiger partial charge in [0, 0.05) is 10.9 Å². The van der Waals surface area contributed by atoms with E-state index in [0.717, 1.165) is 21.5 Å². The van der Waals surface area contributed by atoms with Gasteiger partial charge in [-0.2, -0.15) is 0 Å². The number of hydrogen-bond donors (Lipinski definition) is 0. The van der Waals surface area contributed by atoms with Gasteiger partial charge in [-0.1, -0.05) is 43.0 Å². The Morgan fingerprint density at radius 3 is 2.62 bits per heavy atom. The van der Waals surface area contributed by atoms with E-state index < -0.39 is 0 Å². The van der Waals surface area contributed by atoms with Gasteiger partial charge >= 0.3 is 0 Å². The van der Waals surface area contributed by atoms with Crippen LogP contribution in [0.25, 0.3) is 12.7 Å². The summed E-state index contributed by atoms with van der Waals surface area (Å²) in [4.78, 5) is 4.57. The summed E-state index contributed by atoms with van der Waals surface area (Å²) in [6.45, 7) is 8.08. The van der Waals surface area contributed by atoms with Crippen molar-refractivity contribution in [2.45, 2.75) is 13.8 Å². The van der Waals surface area contributed by atoms with Gasteiger partial charge < -0.3 is 0 Å². The standard InChI is InChI=1S/C15H15N/c1-4-13-7-5-6-8-14(13)15-11(2)9-10-12(3)16-15/h4-10H,2H2,1,3H3/b13-4-,15-14+. The molecule has 2 aromatic rings. The molecule has 0 aliphatic carbocycles. The van der Waals surface area contributed by atoms with Crippen LogP contribution in [0.15, 0.2) is 36.4 Å². The molecule has 1 aromatic heterocycles. The summed E-state index contributed by atoms with van der Waals surface area (Å²) in [5.74, 6) is 0. The maximum absolute atomic E-state index is 4.57. The molecule has 0 radical (unpaired) electrons. The third-order valence-electron chi connectivity index (χ3n) is 2.64. The summed E-state index contributed by atoms with van der Waals surface area (Å²) < 4.78 is 0. The van der Waals surface area contributed by atoms with Crippen molar-refractivity contribution in [1.29, 1.82) is 0 Å². The molecular weight excluding hydrogens is 194 g/mol. The van der Waals surface area contributed by atoms with Crippen LogP contribution in [0.3, 0.4) is 0 Å². The van der Waals surface area contributed by atoms with Gasteiger partial charge in [0.25, 0.3) is 0 Å². The lowest BCUT2D eigenvalue weighted by molar-refractivity contribution is 1.12. The number of benzene rings is 1. The lowest BCUT2D eigenvalue weighted by Crippen LogP contribution is -2.10. The summed E-state index contributed by atoms with van der Waals surface area (Å²) in [5, 5.41) is 4.30. The molecule has 1 heteroatoms. The molecule has 0 bridgehead atoms. The Balaban J connectivity index is 3.15. The van der Waals surface area contributed by atoms with Crippen LogP contribution in [0.1, 0.15) is 12.6 Å². The highest BCUT2D eigenvalue weighted by Gasteiger charge is 1.90. The second kappa shape index (κ2) is 4.31. The first-order chi connectivity index (χ1) is 7.72. The zero-order valence-electron chi connectivity index (χ0n) is 9.70. The number of aromatic nitrogens is 1. The van der Waals surface area contributed by atoms with Gasteiger partial charge in [-0.3, -0.25) is 4.98 Å². The SMILES string of the molecule is C=c1ccc(C)n/c1=c1\cccc\c1=C\C. The van der Waals surface area contributed by atoms with E-state index in [1.165, 1.54) is 5.22 Å². The Bertz CT molecular complexity index is 699. The smallest absolute Gasteiger partial charge is 0.0777 e. The van der Waals surface area contributed by atoms with Crippen LogP contribution < -0.4 is 10.4 Å². The molecule has 0 amide bonds. The molecule has 0 saturated heterocycles. The number of rotatable bonds is 0. The van der Waals surface area contributed by atoms with Gasteiger partial charge in [-0.25, -0.2) is 0 Å². The predicted octanol–water partition coefficient (Wildman–Crippen LogP) is 1.89. The minimum atomic E-state index is 0.972. The molecule has 0 spiro atoms. The molecule has 16 heavy (non-hydrogen) atoms. The number of aryl methyl sites for hydroxylation is 1. The van der Waals surface area contributed by atoms with E-state index >= 15 is 0 Å². The van der Waals surface area contributed by atoms with Gasteiger partial charge in [-0.05, 0) is 30.4 Å². The average molecular weight is 209 g/mol. The van der Waals surface area contributed by atoms with E-state index in [9.17, 15) is 0 Å². The van der Waals surface area contributed by atoms with Crippen molar-refractivity contribution in [2.24, 2.45) is 0 Å².